The van der Waals surface area contributed by atoms with Crippen LogP contribution in [0.4, 0.5) is 5.82 Å². The van der Waals surface area contributed by atoms with Crippen molar-refractivity contribution in [3.8, 4) is 5.88 Å². The number of hydrogen-bond donors (Lipinski definition) is 1. The lowest BCUT2D eigenvalue weighted by atomic mass is 10.1. The summed E-state index contributed by atoms with van der Waals surface area (Å²) in [6.45, 7) is 6.64. The van der Waals surface area contributed by atoms with Crippen molar-refractivity contribution in [2.45, 2.75) is 19.9 Å². The normalized spacial score (nSPS) is 24.8. The van der Waals surface area contributed by atoms with Crippen LogP contribution in [-0.4, -0.2) is 30.7 Å². The van der Waals surface area contributed by atoms with E-state index in [4.69, 9.17) is 10.5 Å². The molecule has 88 valence electrons. The Morgan fingerprint density at radius 1 is 1.50 bits per heavy atom. The molecule has 0 spiro atoms. The van der Waals surface area contributed by atoms with Crippen LogP contribution in [0.5, 0.6) is 5.88 Å². The first-order valence-electron chi connectivity index (χ1n) is 5.81. The van der Waals surface area contributed by atoms with Crippen LogP contribution >= 0.6 is 0 Å². The number of nitrogens with zero attached hydrogens (tertiary/aromatic N) is 2. The molecule has 16 heavy (non-hydrogen) atoms. The van der Waals surface area contributed by atoms with Gasteiger partial charge >= 0.3 is 0 Å². The first-order valence-corrected chi connectivity index (χ1v) is 5.81. The van der Waals surface area contributed by atoms with E-state index in [1.807, 2.05) is 25.1 Å². The molecule has 1 fully saturated rings. The summed E-state index contributed by atoms with van der Waals surface area (Å²) < 4.78 is 5.39. The van der Waals surface area contributed by atoms with Gasteiger partial charge in [-0.2, -0.15) is 4.98 Å². The zero-order chi connectivity index (χ0) is 11.5. The van der Waals surface area contributed by atoms with E-state index >= 15 is 0 Å². The summed E-state index contributed by atoms with van der Waals surface area (Å²) in [6, 6.07) is 6.11. The molecule has 2 rings (SSSR count). The molecule has 4 heteroatoms. The molecule has 0 bridgehead atoms. The zero-order valence-corrected chi connectivity index (χ0v) is 9.89. The Kier molecular flexibility index (Phi) is 3.29. The molecule has 1 aromatic heterocycles. The number of ether oxygens (including phenoxy) is 1. The minimum Gasteiger partial charge on any atom is -0.478 e. The molecule has 2 atom stereocenters. The molecule has 1 saturated heterocycles. The van der Waals surface area contributed by atoms with Crippen molar-refractivity contribution < 1.29 is 4.74 Å². The lowest BCUT2D eigenvalue weighted by Crippen LogP contribution is -2.28. The van der Waals surface area contributed by atoms with Gasteiger partial charge in [0, 0.05) is 25.2 Å². The Hall–Kier alpha value is -1.29. The first-order chi connectivity index (χ1) is 7.70. The summed E-state index contributed by atoms with van der Waals surface area (Å²) in [6.07, 6.45) is 0. The SMILES string of the molecule is CCOc1cccc(N2CC(C)C(N)C2)n1. The summed E-state index contributed by atoms with van der Waals surface area (Å²) in [7, 11) is 0. The minimum atomic E-state index is 0.248. The van der Waals surface area contributed by atoms with Crippen LogP contribution in [0.15, 0.2) is 18.2 Å². The summed E-state index contributed by atoms with van der Waals surface area (Å²) in [5.41, 5.74) is 6.00. The van der Waals surface area contributed by atoms with Gasteiger partial charge in [0.2, 0.25) is 5.88 Å². The van der Waals surface area contributed by atoms with Crippen LogP contribution in [-0.2, 0) is 0 Å². The van der Waals surface area contributed by atoms with Gasteiger partial charge in [-0.05, 0) is 18.9 Å². The highest BCUT2D eigenvalue weighted by Gasteiger charge is 2.27. The van der Waals surface area contributed by atoms with E-state index in [1.165, 1.54) is 0 Å². The van der Waals surface area contributed by atoms with Crippen molar-refractivity contribution in [3.05, 3.63) is 18.2 Å². The predicted octanol–water partition coefficient (Wildman–Crippen LogP) is 1.26. The van der Waals surface area contributed by atoms with E-state index in [0.717, 1.165) is 18.9 Å². The predicted molar refractivity (Wildman–Crippen MR) is 64.8 cm³/mol. The molecule has 0 radical (unpaired) electrons. The molecular weight excluding hydrogens is 202 g/mol. The summed E-state index contributed by atoms with van der Waals surface area (Å²) in [5.74, 6) is 2.18. The second kappa shape index (κ2) is 4.70. The third kappa shape index (κ3) is 2.27. The summed E-state index contributed by atoms with van der Waals surface area (Å²) in [4.78, 5) is 6.68. The van der Waals surface area contributed by atoms with Gasteiger partial charge < -0.3 is 15.4 Å². The van der Waals surface area contributed by atoms with Crippen molar-refractivity contribution in [1.29, 1.82) is 0 Å². The second-order valence-electron chi connectivity index (χ2n) is 4.31. The van der Waals surface area contributed by atoms with Crippen molar-refractivity contribution in [1.82, 2.24) is 4.98 Å². The molecule has 4 nitrogen and oxygen atoms in total. The van der Waals surface area contributed by atoms with Crippen molar-refractivity contribution >= 4 is 5.82 Å². The van der Waals surface area contributed by atoms with Crippen molar-refractivity contribution in [2.24, 2.45) is 11.7 Å². The number of anilines is 1. The van der Waals surface area contributed by atoms with Gasteiger partial charge in [-0.15, -0.1) is 0 Å². The molecule has 1 aromatic rings. The third-order valence-corrected chi connectivity index (χ3v) is 3.00. The van der Waals surface area contributed by atoms with Crippen LogP contribution in [0.2, 0.25) is 0 Å². The lowest BCUT2D eigenvalue weighted by molar-refractivity contribution is 0.327. The summed E-state index contributed by atoms with van der Waals surface area (Å²) in [5, 5.41) is 0. The average Bonchev–Trinajstić information content (AvgIpc) is 2.60. The molecule has 0 saturated carbocycles. The Balaban J connectivity index is 2.12. The highest BCUT2D eigenvalue weighted by Crippen LogP contribution is 2.22. The standard InChI is InChI=1S/C12H19N3O/c1-3-16-12-6-4-5-11(14-12)15-7-9(2)10(13)8-15/h4-6,9-10H,3,7-8,13H2,1-2H3. The highest BCUT2D eigenvalue weighted by molar-refractivity contribution is 5.42. The second-order valence-corrected chi connectivity index (χ2v) is 4.31. The molecule has 0 aliphatic carbocycles. The Morgan fingerprint density at radius 2 is 2.31 bits per heavy atom. The van der Waals surface area contributed by atoms with E-state index in [2.05, 4.69) is 16.8 Å². The molecule has 0 amide bonds. The van der Waals surface area contributed by atoms with Crippen LogP contribution in [0, 0.1) is 5.92 Å². The molecular formula is C12H19N3O. The van der Waals surface area contributed by atoms with Gasteiger partial charge in [0.05, 0.1) is 6.61 Å². The minimum absolute atomic E-state index is 0.248. The van der Waals surface area contributed by atoms with Gasteiger partial charge in [0.15, 0.2) is 0 Å². The van der Waals surface area contributed by atoms with Crippen molar-refractivity contribution in [3.63, 3.8) is 0 Å². The number of nitrogens with two attached hydrogens (primary N) is 1. The monoisotopic (exact) mass is 221 g/mol. The maximum Gasteiger partial charge on any atom is 0.215 e. The Labute approximate surface area is 96.4 Å². The van der Waals surface area contributed by atoms with Crippen LogP contribution in [0.25, 0.3) is 0 Å². The molecule has 2 heterocycles. The smallest absolute Gasteiger partial charge is 0.215 e. The molecule has 2 N–H and O–H groups in total. The fourth-order valence-corrected chi connectivity index (χ4v) is 1.99. The molecule has 1 aliphatic heterocycles. The molecule has 1 aliphatic rings. The van der Waals surface area contributed by atoms with E-state index in [-0.39, 0.29) is 6.04 Å². The number of pyridine rings is 1. The topological polar surface area (TPSA) is 51.4 Å². The highest BCUT2D eigenvalue weighted by atomic mass is 16.5. The van der Waals surface area contributed by atoms with Gasteiger partial charge in [-0.3, -0.25) is 0 Å². The van der Waals surface area contributed by atoms with Gasteiger partial charge in [-0.1, -0.05) is 13.0 Å². The van der Waals surface area contributed by atoms with E-state index in [1.54, 1.807) is 0 Å². The number of aromatic nitrogens is 1. The lowest BCUT2D eigenvalue weighted by Gasteiger charge is -2.17. The van der Waals surface area contributed by atoms with Gasteiger partial charge in [-0.25, -0.2) is 0 Å². The zero-order valence-electron chi connectivity index (χ0n) is 9.89. The van der Waals surface area contributed by atoms with Crippen LogP contribution < -0.4 is 15.4 Å². The molecule has 2 unspecified atom stereocenters. The van der Waals surface area contributed by atoms with E-state index < -0.39 is 0 Å². The van der Waals surface area contributed by atoms with E-state index in [9.17, 15) is 0 Å². The Bertz CT molecular complexity index is 346. The molecule has 0 aromatic carbocycles. The first kappa shape index (κ1) is 11.2. The van der Waals surface area contributed by atoms with Crippen LogP contribution in [0.3, 0.4) is 0 Å². The maximum absolute atomic E-state index is 6.00. The fourth-order valence-electron chi connectivity index (χ4n) is 1.99. The third-order valence-electron chi connectivity index (χ3n) is 3.00. The fraction of sp³-hybridized carbons (Fsp3) is 0.583. The van der Waals surface area contributed by atoms with Gasteiger partial charge in [0.1, 0.15) is 5.82 Å². The number of rotatable bonds is 3. The summed E-state index contributed by atoms with van der Waals surface area (Å²) >= 11 is 0. The van der Waals surface area contributed by atoms with E-state index in [0.29, 0.717) is 18.4 Å². The quantitative estimate of drug-likeness (QED) is 0.835. The number of hydrogen-bond acceptors (Lipinski definition) is 4. The maximum atomic E-state index is 6.00. The Morgan fingerprint density at radius 3 is 2.94 bits per heavy atom. The largest absolute Gasteiger partial charge is 0.478 e. The van der Waals surface area contributed by atoms with Crippen LogP contribution in [0.1, 0.15) is 13.8 Å². The van der Waals surface area contributed by atoms with Crippen molar-refractivity contribution in [2.75, 3.05) is 24.6 Å². The van der Waals surface area contributed by atoms with Gasteiger partial charge in [0.25, 0.3) is 0 Å². The average molecular weight is 221 g/mol.